The molecule has 0 aliphatic rings. The van der Waals surface area contributed by atoms with Crippen molar-refractivity contribution < 1.29 is 4.73 Å². The maximum Gasteiger partial charge on any atom is 0.301 e. The number of nitrogens with zero attached hydrogens (tertiary/aromatic N) is 1. The average Bonchev–Trinajstić information content (AvgIpc) is 1.93. The van der Waals surface area contributed by atoms with Gasteiger partial charge in [0, 0.05) is 6.07 Å². The van der Waals surface area contributed by atoms with Crippen molar-refractivity contribution in [1.29, 1.82) is 0 Å². The van der Waals surface area contributed by atoms with Gasteiger partial charge in [0.2, 0.25) is 0 Å². The van der Waals surface area contributed by atoms with Gasteiger partial charge in [-0.25, -0.2) is 0 Å². The van der Waals surface area contributed by atoms with E-state index >= 15 is 0 Å². The predicted molar refractivity (Wildman–Crippen MR) is 43.1 cm³/mol. The number of rotatable bonds is 0. The van der Waals surface area contributed by atoms with Crippen molar-refractivity contribution in [1.82, 2.24) is 0 Å². The molecule has 1 heterocycles. The van der Waals surface area contributed by atoms with Gasteiger partial charge in [0.25, 0.3) is 5.15 Å². The highest BCUT2D eigenvalue weighted by Crippen LogP contribution is 2.19. The van der Waals surface area contributed by atoms with Crippen molar-refractivity contribution in [3.05, 3.63) is 32.1 Å². The monoisotopic (exact) mass is 241 g/mol. The Labute approximate surface area is 76.1 Å². The maximum atomic E-state index is 10.8. The van der Waals surface area contributed by atoms with Gasteiger partial charge in [0.15, 0.2) is 0 Å². The molecule has 1 aromatic heterocycles. The fourth-order valence-corrected chi connectivity index (χ4v) is 1.11. The average molecular weight is 243 g/mol. The zero-order chi connectivity index (χ0) is 7.72. The van der Waals surface area contributed by atoms with Crippen molar-refractivity contribution in [3.63, 3.8) is 0 Å². The molecular weight excluding hydrogens is 241 g/mol. The van der Waals surface area contributed by atoms with Gasteiger partial charge in [-0.3, -0.25) is 0 Å². The van der Waals surface area contributed by atoms with E-state index in [-0.39, 0.29) is 10.3 Å². The Morgan fingerprint density at radius 2 is 2.00 bits per heavy atom. The fraction of sp³-hybridized carbons (Fsp3) is 0. The SMILES string of the molecule is [O-][n+]1c(Cl)ccc(Br)c1Cl. The molecule has 54 valence electrons. The summed E-state index contributed by atoms with van der Waals surface area (Å²) in [5.74, 6) is 0. The summed E-state index contributed by atoms with van der Waals surface area (Å²) >= 11 is 14.0. The van der Waals surface area contributed by atoms with Gasteiger partial charge in [-0.05, 0) is 45.2 Å². The molecule has 0 radical (unpaired) electrons. The molecule has 0 amide bonds. The standard InChI is InChI=1S/C5H2BrCl2NO/c6-3-1-2-4(7)9(10)5(3)8/h1-2H. The van der Waals surface area contributed by atoms with Gasteiger partial charge in [-0.1, -0.05) is 0 Å². The van der Waals surface area contributed by atoms with Crippen LogP contribution in [0.1, 0.15) is 0 Å². The first kappa shape index (κ1) is 8.11. The summed E-state index contributed by atoms with van der Waals surface area (Å²) in [6.45, 7) is 0. The van der Waals surface area contributed by atoms with Crippen molar-refractivity contribution in [2.45, 2.75) is 0 Å². The van der Waals surface area contributed by atoms with E-state index in [0.29, 0.717) is 9.20 Å². The second-order valence-corrected chi connectivity index (χ2v) is 3.19. The first-order chi connectivity index (χ1) is 4.63. The van der Waals surface area contributed by atoms with Crippen molar-refractivity contribution >= 4 is 39.1 Å². The van der Waals surface area contributed by atoms with Crippen LogP contribution in [-0.4, -0.2) is 0 Å². The minimum Gasteiger partial charge on any atom is -0.617 e. The van der Waals surface area contributed by atoms with Crippen molar-refractivity contribution in [3.8, 4) is 0 Å². The topological polar surface area (TPSA) is 26.9 Å². The lowest BCUT2D eigenvalue weighted by Gasteiger charge is -2.00. The summed E-state index contributed by atoms with van der Waals surface area (Å²) in [5, 5.41) is 10.9. The highest BCUT2D eigenvalue weighted by molar-refractivity contribution is 9.10. The quantitative estimate of drug-likeness (QED) is 0.390. The molecule has 0 aromatic carbocycles. The third-order valence-electron chi connectivity index (χ3n) is 0.937. The summed E-state index contributed by atoms with van der Waals surface area (Å²) in [4.78, 5) is 0. The van der Waals surface area contributed by atoms with Gasteiger partial charge < -0.3 is 5.21 Å². The number of hydrogen-bond acceptors (Lipinski definition) is 1. The summed E-state index contributed by atoms with van der Waals surface area (Å²) in [6, 6.07) is 3.07. The lowest BCUT2D eigenvalue weighted by Crippen LogP contribution is -2.28. The van der Waals surface area contributed by atoms with Gasteiger partial charge >= 0.3 is 5.15 Å². The summed E-state index contributed by atoms with van der Waals surface area (Å²) in [6.07, 6.45) is 0. The van der Waals surface area contributed by atoms with Gasteiger partial charge in [-0.15, -0.1) is 4.73 Å². The first-order valence-electron chi connectivity index (χ1n) is 2.36. The van der Waals surface area contributed by atoms with Crippen LogP contribution in [0.5, 0.6) is 0 Å². The molecule has 0 atom stereocenters. The lowest BCUT2D eigenvalue weighted by atomic mass is 10.5. The molecule has 0 fully saturated rings. The van der Waals surface area contributed by atoms with Crippen LogP contribution >= 0.6 is 39.1 Å². The van der Waals surface area contributed by atoms with E-state index < -0.39 is 0 Å². The lowest BCUT2D eigenvalue weighted by molar-refractivity contribution is -0.601. The zero-order valence-corrected chi connectivity index (χ0v) is 7.74. The van der Waals surface area contributed by atoms with Crippen LogP contribution in [0.2, 0.25) is 10.3 Å². The Morgan fingerprint density at radius 1 is 1.40 bits per heavy atom. The van der Waals surface area contributed by atoms with E-state index in [1.54, 1.807) is 6.07 Å². The minimum absolute atomic E-state index is 0.0486. The fourth-order valence-electron chi connectivity index (χ4n) is 0.469. The normalized spacial score (nSPS) is 9.90. The molecule has 0 spiro atoms. The van der Waals surface area contributed by atoms with E-state index in [2.05, 4.69) is 15.9 Å². The summed E-state index contributed by atoms with van der Waals surface area (Å²) in [7, 11) is 0. The Kier molecular flexibility index (Phi) is 2.39. The highest BCUT2D eigenvalue weighted by Gasteiger charge is 2.10. The molecule has 0 aliphatic carbocycles. The van der Waals surface area contributed by atoms with Crippen LogP contribution in [0.15, 0.2) is 16.6 Å². The number of hydrogen-bond donors (Lipinski definition) is 0. The largest absolute Gasteiger partial charge is 0.617 e. The molecule has 0 unspecified atom stereocenters. The second kappa shape index (κ2) is 2.95. The van der Waals surface area contributed by atoms with Crippen molar-refractivity contribution in [2.75, 3.05) is 0 Å². The van der Waals surface area contributed by atoms with Crippen LogP contribution in [0, 0.1) is 5.21 Å². The molecule has 0 N–H and O–H groups in total. The smallest absolute Gasteiger partial charge is 0.301 e. The molecule has 10 heavy (non-hydrogen) atoms. The number of halogens is 3. The number of aromatic nitrogens is 1. The second-order valence-electron chi connectivity index (χ2n) is 1.59. The van der Waals surface area contributed by atoms with Crippen LogP contribution in [-0.2, 0) is 0 Å². The van der Waals surface area contributed by atoms with E-state index in [1.165, 1.54) is 6.07 Å². The Bertz CT molecular complexity index is 239. The molecule has 0 saturated heterocycles. The molecule has 5 heteroatoms. The van der Waals surface area contributed by atoms with Crippen molar-refractivity contribution in [2.24, 2.45) is 0 Å². The van der Waals surface area contributed by atoms with E-state index in [9.17, 15) is 5.21 Å². The van der Waals surface area contributed by atoms with Crippen LogP contribution in [0.3, 0.4) is 0 Å². The molecule has 0 bridgehead atoms. The molecule has 2 nitrogen and oxygen atoms in total. The van der Waals surface area contributed by atoms with Gasteiger partial charge in [0.05, 0.1) is 0 Å². The third kappa shape index (κ3) is 1.36. The summed E-state index contributed by atoms with van der Waals surface area (Å²) in [5.41, 5.74) is 0. The predicted octanol–water partition coefficient (Wildman–Crippen LogP) is 2.39. The Hall–Kier alpha value is 0.01000. The first-order valence-corrected chi connectivity index (χ1v) is 3.91. The third-order valence-corrected chi connectivity index (χ3v) is 2.44. The molecule has 0 saturated carbocycles. The van der Waals surface area contributed by atoms with Crippen LogP contribution < -0.4 is 4.73 Å². The van der Waals surface area contributed by atoms with Crippen LogP contribution in [0.4, 0.5) is 0 Å². The molecular formula is C5H2BrCl2NO. The van der Waals surface area contributed by atoms with Crippen LogP contribution in [0.25, 0.3) is 0 Å². The number of pyridine rings is 1. The molecule has 0 aliphatic heterocycles. The highest BCUT2D eigenvalue weighted by atomic mass is 79.9. The Morgan fingerprint density at radius 3 is 2.50 bits per heavy atom. The van der Waals surface area contributed by atoms with Gasteiger partial charge in [0.1, 0.15) is 4.47 Å². The minimum atomic E-state index is 0.0486. The molecule has 1 rings (SSSR count). The molecule has 1 aromatic rings. The van der Waals surface area contributed by atoms with E-state index in [0.717, 1.165) is 0 Å². The van der Waals surface area contributed by atoms with E-state index in [4.69, 9.17) is 23.2 Å². The summed E-state index contributed by atoms with van der Waals surface area (Å²) < 4.78 is 0.973. The zero-order valence-electron chi connectivity index (χ0n) is 4.64. The maximum absolute atomic E-state index is 10.8. The van der Waals surface area contributed by atoms with Gasteiger partial charge in [-0.2, -0.15) is 0 Å². The van der Waals surface area contributed by atoms with E-state index in [1.807, 2.05) is 0 Å². The Balaban J connectivity index is 3.34.